The zero-order valence-corrected chi connectivity index (χ0v) is 21.1. The lowest BCUT2D eigenvalue weighted by Crippen LogP contribution is -2.43. The Balaban J connectivity index is 1.92. The quantitative estimate of drug-likeness (QED) is 0.292. The number of benzene rings is 2. The lowest BCUT2D eigenvalue weighted by Gasteiger charge is -2.29. The van der Waals surface area contributed by atoms with Gasteiger partial charge in [0.1, 0.15) is 6.73 Å². The molecule has 1 heterocycles. The van der Waals surface area contributed by atoms with Crippen LogP contribution in [0.2, 0.25) is 5.02 Å². The Hall–Kier alpha value is -1.54. The number of carbonyl (C=O) groups is 1. The number of anilines is 1. The predicted octanol–water partition coefficient (Wildman–Crippen LogP) is 6.50. The summed E-state index contributed by atoms with van der Waals surface area (Å²) in [5, 5.41) is 7.06. The van der Waals surface area contributed by atoms with Crippen LogP contribution in [-0.4, -0.2) is 49.1 Å². The summed E-state index contributed by atoms with van der Waals surface area (Å²) in [4.78, 5) is 15.1. The number of urea groups is 1. The van der Waals surface area contributed by atoms with Crippen molar-refractivity contribution in [3.05, 3.63) is 63.6 Å². The number of carbonyl (C=O) groups excluding carboxylic acids is 1. The summed E-state index contributed by atoms with van der Waals surface area (Å²) in [5.41, 5.74) is 2.44. The molecule has 31 heavy (non-hydrogen) atoms. The van der Waals surface area contributed by atoms with E-state index in [-0.39, 0.29) is 18.2 Å². The molecule has 0 bridgehead atoms. The van der Waals surface area contributed by atoms with Crippen molar-refractivity contribution in [3.8, 4) is 0 Å². The second kappa shape index (κ2) is 10.9. The van der Waals surface area contributed by atoms with Gasteiger partial charge >= 0.3 is 6.03 Å². The first kappa shape index (κ1) is 24.1. The highest BCUT2D eigenvalue weighted by atomic mass is 79.9. The molecule has 1 atom stereocenters. The number of hydrogen-bond acceptors (Lipinski definition) is 4. The number of hydrogen-bond donors (Lipinski definition) is 0. The fourth-order valence-corrected chi connectivity index (χ4v) is 4.56. The molecule has 1 aliphatic rings. The lowest BCUT2D eigenvalue weighted by molar-refractivity contribution is 0.169. The molecular weight excluding hydrogens is 498 g/mol. The maximum absolute atomic E-state index is 13.5. The summed E-state index contributed by atoms with van der Waals surface area (Å²) in [6.45, 7) is 2.86. The van der Waals surface area contributed by atoms with Crippen LogP contribution in [0.1, 0.15) is 25.3 Å². The first-order valence-electron chi connectivity index (χ1n) is 10.1. The Labute approximate surface area is 201 Å². The van der Waals surface area contributed by atoms with Crippen molar-refractivity contribution in [2.75, 3.05) is 37.3 Å². The Morgan fingerprint density at radius 1 is 1.26 bits per heavy atom. The topological polar surface area (TPSA) is 45.1 Å². The Bertz CT molecular complexity index is 923. The molecule has 2 aromatic carbocycles. The molecule has 1 unspecified atom stereocenters. The number of thioether (sulfide) groups is 1. The number of hydrazone groups is 1. The van der Waals surface area contributed by atoms with Gasteiger partial charge in [0.05, 0.1) is 12.3 Å². The van der Waals surface area contributed by atoms with Crippen LogP contribution in [0.3, 0.4) is 0 Å². The second-order valence-corrected chi connectivity index (χ2v) is 10.1. The van der Waals surface area contributed by atoms with Crippen molar-refractivity contribution in [1.82, 2.24) is 5.01 Å². The van der Waals surface area contributed by atoms with Gasteiger partial charge in [-0.05, 0) is 66.8 Å². The number of nitrogens with zero attached hydrogens (tertiary/aromatic N) is 3. The van der Waals surface area contributed by atoms with E-state index in [1.54, 1.807) is 17.0 Å². The van der Waals surface area contributed by atoms with Crippen LogP contribution >= 0.6 is 39.3 Å². The summed E-state index contributed by atoms with van der Waals surface area (Å²) >= 11 is 11.4. The number of ether oxygens (including phenoxy) is 1. The third kappa shape index (κ3) is 5.83. The van der Waals surface area contributed by atoms with E-state index in [0.717, 1.165) is 40.0 Å². The van der Waals surface area contributed by atoms with E-state index < -0.39 is 0 Å². The summed E-state index contributed by atoms with van der Waals surface area (Å²) < 4.78 is 6.28. The molecule has 3 rings (SSSR count). The highest BCUT2D eigenvalue weighted by molar-refractivity contribution is 9.10. The van der Waals surface area contributed by atoms with Gasteiger partial charge in [0.15, 0.2) is 0 Å². The van der Waals surface area contributed by atoms with Gasteiger partial charge in [-0.15, -0.1) is 0 Å². The van der Waals surface area contributed by atoms with Crippen LogP contribution in [0.25, 0.3) is 0 Å². The smallest absolute Gasteiger partial charge is 0.346 e. The highest BCUT2D eigenvalue weighted by Gasteiger charge is 2.42. The van der Waals surface area contributed by atoms with E-state index >= 15 is 0 Å². The number of rotatable bonds is 8. The molecule has 0 spiro atoms. The van der Waals surface area contributed by atoms with E-state index in [4.69, 9.17) is 21.4 Å². The summed E-state index contributed by atoms with van der Waals surface area (Å²) in [7, 11) is 1.58. The number of amides is 2. The Morgan fingerprint density at radius 3 is 2.55 bits per heavy atom. The zero-order chi connectivity index (χ0) is 22.4. The molecule has 0 N–H and O–H groups in total. The Kier molecular flexibility index (Phi) is 8.44. The van der Waals surface area contributed by atoms with Crippen LogP contribution in [0.15, 0.2) is 58.1 Å². The predicted molar refractivity (Wildman–Crippen MR) is 134 cm³/mol. The average Bonchev–Trinajstić information content (AvgIpc) is 3.10. The maximum Gasteiger partial charge on any atom is 0.346 e. The monoisotopic (exact) mass is 523 g/mol. The van der Waals surface area contributed by atoms with Crippen molar-refractivity contribution in [2.24, 2.45) is 10.5 Å². The van der Waals surface area contributed by atoms with E-state index in [1.807, 2.05) is 60.3 Å². The van der Waals surface area contributed by atoms with Crippen molar-refractivity contribution < 1.29 is 9.53 Å². The van der Waals surface area contributed by atoms with E-state index in [2.05, 4.69) is 29.1 Å². The lowest BCUT2D eigenvalue weighted by atomic mass is 9.78. The molecule has 8 heteroatoms. The maximum atomic E-state index is 13.5. The standard InChI is InChI=1S/C23H27BrClN3O2S/c1-23(13-4-14-31-3)15-28(26-21(23)17-5-9-19(25)10-6-17)22(29)27(16-30-2)20-11-7-18(24)8-12-20/h5-12H,4,13-16H2,1-3H3. The molecule has 0 saturated heterocycles. The van der Waals surface area contributed by atoms with Gasteiger partial charge in [-0.25, -0.2) is 9.80 Å². The summed E-state index contributed by atoms with van der Waals surface area (Å²) in [6, 6.07) is 15.1. The van der Waals surface area contributed by atoms with E-state index in [0.29, 0.717) is 11.6 Å². The SMILES string of the molecule is COCN(C(=O)N1CC(C)(CCCSC)C(c2ccc(Cl)cc2)=N1)c1ccc(Br)cc1. The van der Waals surface area contributed by atoms with E-state index in [1.165, 1.54) is 0 Å². The Morgan fingerprint density at radius 2 is 1.94 bits per heavy atom. The van der Waals surface area contributed by atoms with Crippen LogP contribution in [-0.2, 0) is 4.74 Å². The minimum Gasteiger partial charge on any atom is -0.364 e. The minimum absolute atomic E-state index is 0.145. The molecule has 5 nitrogen and oxygen atoms in total. The van der Waals surface area contributed by atoms with Gasteiger partial charge < -0.3 is 4.74 Å². The average molecular weight is 525 g/mol. The molecule has 0 aliphatic carbocycles. The number of methoxy groups -OCH3 is 1. The van der Waals surface area contributed by atoms with Gasteiger partial charge in [0.2, 0.25) is 0 Å². The van der Waals surface area contributed by atoms with E-state index in [9.17, 15) is 4.79 Å². The van der Waals surface area contributed by atoms with Gasteiger partial charge in [0, 0.05) is 27.7 Å². The molecule has 0 saturated carbocycles. The van der Waals surface area contributed by atoms with Gasteiger partial charge in [0.25, 0.3) is 0 Å². The van der Waals surface area contributed by atoms with Crippen molar-refractivity contribution >= 4 is 56.7 Å². The van der Waals surface area contributed by atoms with Gasteiger partial charge in [-0.1, -0.05) is 46.6 Å². The van der Waals surface area contributed by atoms with Crippen LogP contribution in [0.4, 0.5) is 10.5 Å². The zero-order valence-electron chi connectivity index (χ0n) is 18.0. The van der Waals surface area contributed by atoms with Crippen LogP contribution in [0, 0.1) is 5.41 Å². The summed E-state index contributed by atoms with van der Waals surface area (Å²) in [5.74, 6) is 1.08. The van der Waals surface area contributed by atoms with Crippen molar-refractivity contribution in [3.63, 3.8) is 0 Å². The fraction of sp³-hybridized carbons (Fsp3) is 0.391. The number of halogens is 2. The molecule has 2 amide bonds. The molecule has 0 aromatic heterocycles. The molecule has 166 valence electrons. The third-order valence-corrected chi connectivity index (χ3v) is 6.81. The first-order chi connectivity index (χ1) is 14.9. The summed E-state index contributed by atoms with van der Waals surface area (Å²) in [6.07, 6.45) is 4.12. The molecular formula is C23H27BrClN3O2S. The molecule has 2 aromatic rings. The highest BCUT2D eigenvalue weighted by Crippen LogP contribution is 2.37. The molecule has 1 aliphatic heterocycles. The molecule has 0 radical (unpaired) electrons. The van der Waals surface area contributed by atoms with Crippen LogP contribution in [0.5, 0.6) is 0 Å². The van der Waals surface area contributed by atoms with Crippen molar-refractivity contribution in [1.29, 1.82) is 0 Å². The minimum atomic E-state index is -0.238. The van der Waals surface area contributed by atoms with Crippen molar-refractivity contribution in [2.45, 2.75) is 19.8 Å². The normalized spacial score (nSPS) is 18.2. The van der Waals surface area contributed by atoms with Crippen LogP contribution < -0.4 is 4.90 Å². The largest absolute Gasteiger partial charge is 0.364 e. The van der Waals surface area contributed by atoms with Gasteiger partial charge in [-0.2, -0.15) is 16.9 Å². The second-order valence-electron chi connectivity index (χ2n) is 7.77. The van der Waals surface area contributed by atoms with Gasteiger partial charge in [-0.3, -0.25) is 4.90 Å². The third-order valence-electron chi connectivity index (χ3n) is 5.33. The first-order valence-corrected chi connectivity index (χ1v) is 12.6. The molecule has 0 fully saturated rings. The fourth-order valence-electron chi connectivity index (χ4n) is 3.74.